The predicted molar refractivity (Wildman–Crippen MR) is 105 cm³/mol. The number of nitrogens with one attached hydrogen (secondary N) is 1. The van der Waals surface area contributed by atoms with Crippen molar-refractivity contribution in [3.05, 3.63) is 79.8 Å². The molecule has 7 heteroatoms. The number of ketones is 1. The molecule has 0 aromatic heterocycles. The SMILES string of the molecule is N#CC1=C(N)OC2=C(C(=O)c3ccccc32)C12C(=O)Nc1ccc(I)cc12. The molecule has 1 amide bonds. The molecule has 0 fully saturated rings. The van der Waals surface area contributed by atoms with Gasteiger partial charge in [0.2, 0.25) is 11.8 Å². The summed E-state index contributed by atoms with van der Waals surface area (Å²) >= 11 is 2.13. The zero-order chi connectivity index (χ0) is 18.9. The fourth-order valence-corrected chi connectivity index (χ4v) is 4.57. The molecule has 6 nitrogen and oxygen atoms in total. The Balaban J connectivity index is 1.93. The zero-order valence-corrected chi connectivity index (χ0v) is 15.8. The monoisotopic (exact) mass is 467 g/mol. The normalized spacial score (nSPS) is 22.2. The van der Waals surface area contributed by atoms with Crippen molar-refractivity contribution < 1.29 is 14.3 Å². The third kappa shape index (κ3) is 1.78. The zero-order valence-electron chi connectivity index (χ0n) is 13.7. The molecule has 3 N–H and O–H groups in total. The third-order valence-electron chi connectivity index (χ3n) is 5.17. The van der Waals surface area contributed by atoms with Gasteiger partial charge in [-0.15, -0.1) is 0 Å². The van der Waals surface area contributed by atoms with Gasteiger partial charge in [-0.25, -0.2) is 0 Å². The van der Waals surface area contributed by atoms with Crippen LogP contribution in [0.2, 0.25) is 0 Å². The summed E-state index contributed by atoms with van der Waals surface area (Å²) in [5.74, 6) is -0.727. The second kappa shape index (κ2) is 5.20. The number of anilines is 1. The van der Waals surface area contributed by atoms with Gasteiger partial charge in [-0.1, -0.05) is 24.3 Å². The summed E-state index contributed by atoms with van der Waals surface area (Å²) in [6.45, 7) is 0. The summed E-state index contributed by atoms with van der Waals surface area (Å²) in [4.78, 5) is 26.6. The van der Waals surface area contributed by atoms with E-state index in [1.807, 2.05) is 12.1 Å². The van der Waals surface area contributed by atoms with Crippen LogP contribution in [0, 0.1) is 14.9 Å². The highest BCUT2D eigenvalue weighted by Gasteiger charge is 2.61. The first-order valence-corrected chi connectivity index (χ1v) is 9.16. The first kappa shape index (κ1) is 16.1. The van der Waals surface area contributed by atoms with Crippen LogP contribution in [0.3, 0.4) is 0 Å². The van der Waals surface area contributed by atoms with Gasteiger partial charge < -0.3 is 15.8 Å². The molecule has 1 aliphatic carbocycles. The number of carbonyl (C=O) groups is 2. The number of amides is 1. The van der Waals surface area contributed by atoms with Crippen LogP contribution in [0.4, 0.5) is 5.69 Å². The van der Waals surface area contributed by atoms with E-state index in [0.29, 0.717) is 22.4 Å². The molecule has 3 aliphatic rings. The minimum absolute atomic E-state index is 0.0688. The summed E-state index contributed by atoms with van der Waals surface area (Å²) in [5, 5.41) is 12.6. The molecule has 0 saturated heterocycles. The van der Waals surface area contributed by atoms with Crippen LogP contribution in [0.15, 0.2) is 59.5 Å². The minimum Gasteiger partial charge on any atom is -0.439 e. The van der Waals surface area contributed by atoms with Gasteiger partial charge in [0.15, 0.2) is 5.78 Å². The maximum Gasteiger partial charge on any atom is 0.245 e. The molecular formula is C20H10IN3O3. The van der Waals surface area contributed by atoms with E-state index in [4.69, 9.17) is 10.5 Å². The molecule has 0 bridgehead atoms. The lowest BCUT2D eigenvalue weighted by Gasteiger charge is -2.32. The molecule has 5 rings (SSSR count). The highest BCUT2D eigenvalue weighted by Crippen LogP contribution is 2.56. The van der Waals surface area contributed by atoms with Crippen molar-refractivity contribution >= 4 is 45.7 Å². The summed E-state index contributed by atoms with van der Waals surface area (Å²) < 4.78 is 6.57. The second-order valence-electron chi connectivity index (χ2n) is 6.43. The number of hydrogen-bond donors (Lipinski definition) is 2. The minimum atomic E-state index is -1.61. The first-order chi connectivity index (χ1) is 13.0. The summed E-state index contributed by atoms with van der Waals surface area (Å²) in [5.41, 5.74) is 6.63. The molecule has 2 aromatic rings. The average molecular weight is 467 g/mol. The summed E-state index contributed by atoms with van der Waals surface area (Å²) in [7, 11) is 0. The number of nitrogens with zero attached hydrogens (tertiary/aromatic N) is 1. The first-order valence-electron chi connectivity index (χ1n) is 8.08. The van der Waals surface area contributed by atoms with Gasteiger partial charge in [0.05, 0.1) is 5.57 Å². The van der Waals surface area contributed by atoms with E-state index in [2.05, 4.69) is 27.9 Å². The summed E-state index contributed by atoms with van der Waals surface area (Å²) in [6, 6.07) is 14.4. The van der Waals surface area contributed by atoms with E-state index in [1.165, 1.54) is 0 Å². The van der Waals surface area contributed by atoms with Gasteiger partial charge in [-0.05, 0) is 40.8 Å². The Kier molecular flexibility index (Phi) is 3.10. The van der Waals surface area contributed by atoms with Crippen LogP contribution in [0.1, 0.15) is 21.5 Å². The van der Waals surface area contributed by atoms with E-state index < -0.39 is 11.3 Å². The van der Waals surface area contributed by atoms with Gasteiger partial charge in [-0.2, -0.15) is 5.26 Å². The largest absolute Gasteiger partial charge is 0.439 e. The van der Waals surface area contributed by atoms with Gasteiger partial charge in [0, 0.05) is 25.9 Å². The molecule has 2 heterocycles. The Morgan fingerprint density at radius 2 is 1.89 bits per heavy atom. The lowest BCUT2D eigenvalue weighted by Crippen LogP contribution is -2.44. The number of ether oxygens (including phenoxy) is 1. The van der Waals surface area contributed by atoms with E-state index in [9.17, 15) is 14.9 Å². The van der Waals surface area contributed by atoms with Crippen LogP contribution in [0.5, 0.6) is 0 Å². The molecule has 2 aromatic carbocycles. The Morgan fingerprint density at radius 1 is 1.15 bits per heavy atom. The highest BCUT2D eigenvalue weighted by molar-refractivity contribution is 14.1. The van der Waals surface area contributed by atoms with Crippen molar-refractivity contribution in [1.82, 2.24) is 0 Å². The predicted octanol–water partition coefficient (Wildman–Crippen LogP) is 2.81. The summed E-state index contributed by atoms with van der Waals surface area (Å²) in [6.07, 6.45) is 0. The Hall–Kier alpha value is -3.12. The quantitative estimate of drug-likeness (QED) is 0.580. The molecule has 1 atom stereocenters. The molecular weight excluding hydrogens is 457 g/mol. The van der Waals surface area contributed by atoms with Crippen LogP contribution in [0.25, 0.3) is 5.76 Å². The smallest absolute Gasteiger partial charge is 0.245 e. The lowest BCUT2D eigenvalue weighted by atomic mass is 9.67. The van der Waals surface area contributed by atoms with Crippen molar-refractivity contribution in [2.75, 3.05) is 5.32 Å². The fourth-order valence-electron chi connectivity index (χ4n) is 4.08. The number of Topliss-reactive ketones (excluding diaryl/α,β-unsaturated/α-hetero) is 1. The Morgan fingerprint density at radius 3 is 2.63 bits per heavy atom. The van der Waals surface area contributed by atoms with Gasteiger partial charge >= 0.3 is 0 Å². The second-order valence-corrected chi connectivity index (χ2v) is 7.67. The highest BCUT2D eigenvalue weighted by atomic mass is 127. The van der Waals surface area contributed by atoms with E-state index in [-0.39, 0.29) is 28.6 Å². The van der Waals surface area contributed by atoms with Crippen LogP contribution in [-0.4, -0.2) is 11.7 Å². The van der Waals surface area contributed by atoms with Crippen molar-refractivity contribution in [2.45, 2.75) is 5.41 Å². The maximum absolute atomic E-state index is 13.3. The molecule has 0 saturated carbocycles. The lowest BCUT2D eigenvalue weighted by molar-refractivity contribution is -0.118. The molecule has 2 aliphatic heterocycles. The van der Waals surface area contributed by atoms with Gasteiger partial charge in [-0.3, -0.25) is 9.59 Å². The number of rotatable bonds is 0. The van der Waals surface area contributed by atoms with E-state index >= 15 is 0 Å². The number of nitriles is 1. The van der Waals surface area contributed by atoms with Crippen LogP contribution >= 0.6 is 22.6 Å². The topological polar surface area (TPSA) is 105 Å². The fraction of sp³-hybridized carbons (Fsp3) is 0.0500. The van der Waals surface area contributed by atoms with Gasteiger partial charge in [0.1, 0.15) is 22.8 Å². The number of benzene rings is 2. The van der Waals surface area contributed by atoms with Crippen LogP contribution < -0.4 is 11.1 Å². The number of nitrogens with two attached hydrogens (primary N) is 1. The molecule has 130 valence electrons. The molecule has 27 heavy (non-hydrogen) atoms. The number of halogens is 1. The Labute approximate surface area is 167 Å². The standard InChI is InChI=1S/C20H10IN3O3/c21-9-5-6-14-12(7-9)20(19(26)24-14)13(8-22)18(23)27-17-11-4-2-1-3-10(11)16(25)15(17)20/h1-7H,23H2,(H,24,26). The molecule has 1 unspecified atom stereocenters. The van der Waals surface area contributed by atoms with Crippen molar-refractivity contribution in [2.24, 2.45) is 5.73 Å². The molecule has 1 spiro atoms. The van der Waals surface area contributed by atoms with Crippen molar-refractivity contribution in [3.8, 4) is 6.07 Å². The third-order valence-corrected chi connectivity index (χ3v) is 5.84. The number of carbonyl (C=O) groups excluding carboxylic acids is 2. The van der Waals surface area contributed by atoms with Crippen molar-refractivity contribution in [1.29, 1.82) is 5.26 Å². The van der Waals surface area contributed by atoms with Crippen LogP contribution in [-0.2, 0) is 14.9 Å². The van der Waals surface area contributed by atoms with E-state index in [0.717, 1.165) is 3.57 Å². The Bertz CT molecular complexity index is 1210. The maximum atomic E-state index is 13.3. The number of fused-ring (bicyclic) bond motifs is 5. The van der Waals surface area contributed by atoms with Gasteiger partial charge in [0.25, 0.3) is 0 Å². The van der Waals surface area contributed by atoms with Crippen molar-refractivity contribution in [3.63, 3.8) is 0 Å². The average Bonchev–Trinajstić information content (AvgIpc) is 3.09. The number of hydrogen-bond acceptors (Lipinski definition) is 5. The molecule has 0 radical (unpaired) electrons. The van der Waals surface area contributed by atoms with E-state index in [1.54, 1.807) is 36.4 Å².